The first-order chi connectivity index (χ1) is 22.7. The van der Waals surface area contributed by atoms with Crippen LogP contribution in [0.1, 0.15) is 49.7 Å². The fourth-order valence-corrected chi connectivity index (χ4v) is 6.24. The highest BCUT2D eigenvalue weighted by Gasteiger charge is 2.44. The van der Waals surface area contributed by atoms with E-state index < -0.39 is 42.0 Å². The van der Waals surface area contributed by atoms with Gasteiger partial charge in [-0.05, 0) is 56.1 Å². The Morgan fingerprint density at radius 3 is 2.06 bits per heavy atom. The molecule has 4 rings (SSSR count). The van der Waals surface area contributed by atoms with Crippen molar-refractivity contribution in [2.45, 2.75) is 81.6 Å². The number of hydrogen-bond acceptors (Lipinski definition) is 7. The van der Waals surface area contributed by atoms with Crippen LogP contribution in [0.15, 0.2) is 65.7 Å². The lowest BCUT2D eigenvalue weighted by Gasteiger charge is -2.33. The van der Waals surface area contributed by atoms with Gasteiger partial charge in [0.1, 0.15) is 24.4 Å². The number of benzene rings is 2. The number of likely N-dealkylation sites (tertiary alicyclic amines) is 2. The molecule has 0 saturated carbocycles. The van der Waals surface area contributed by atoms with E-state index >= 15 is 0 Å². The zero-order valence-corrected chi connectivity index (χ0v) is 26.6. The first-order valence-electron chi connectivity index (χ1n) is 16.2. The molecule has 8 N–H and O–H groups in total. The minimum atomic E-state index is -0.940. The first-order valence-corrected chi connectivity index (χ1v) is 16.2. The molecule has 13 heteroatoms. The molecule has 2 heterocycles. The smallest absolute Gasteiger partial charge is 0.246 e. The van der Waals surface area contributed by atoms with Crippen molar-refractivity contribution in [3.05, 3.63) is 71.8 Å². The number of amides is 4. The predicted molar refractivity (Wildman–Crippen MR) is 178 cm³/mol. The Bertz CT molecular complexity index is 1400. The van der Waals surface area contributed by atoms with E-state index in [0.29, 0.717) is 70.9 Å². The maximum atomic E-state index is 14.1. The van der Waals surface area contributed by atoms with Gasteiger partial charge in [-0.25, -0.2) is 0 Å². The summed E-state index contributed by atoms with van der Waals surface area (Å²) in [5.74, 6) is -1.59. The summed E-state index contributed by atoms with van der Waals surface area (Å²) in [5, 5.41) is 5.62. The van der Waals surface area contributed by atoms with Gasteiger partial charge >= 0.3 is 0 Å². The monoisotopic (exact) mass is 646 g/mol. The van der Waals surface area contributed by atoms with E-state index in [1.54, 1.807) is 0 Å². The molecule has 0 radical (unpaired) electrons. The molecule has 2 aromatic rings. The molecule has 0 spiro atoms. The van der Waals surface area contributed by atoms with Gasteiger partial charge in [-0.1, -0.05) is 60.7 Å². The molecule has 2 aliphatic heterocycles. The second-order valence-electron chi connectivity index (χ2n) is 12.1. The van der Waals surface area contributed by atoms with Gasteiger partial charge in [-0.2, -0.15) is 0 Å². The molecule has 13 nitrogen and oxygen atoms in total. The Morgan fingerprint density at radius 1 is 0.851 bits per heavy atom. The average Bonchev–Trinajstić information content (AvgIpc) is 3.77. The van der Waals surface area contributed by atoms with E-state index in [4.69, 9.17) is 17.2 Å². The molecule has 0 aliphatic carbocycles. The third kappa shape index (κ3) is 9.85. The predicted octanol–water partition coefficient (Wildman–Crippen LogP) is 0.00320. The van der Waals surface area contributed by atoms with E-state index in [9.17, 15) is 24.0 Å². The van der Waals surface area contributed by atoms with Gasteiger partial charge in [0.15, 0.2) is 5.96 Å². The zero-order chi connectivity index (χ0) is 33.8. The summed E-state index contributed by atoms with van der Waals surface area (Å²) in [6.45, 7) is 1.04. The van der Waals surface area contributed by atoms with Crippen LogP contribution in [-0.2, 0) is 36.8 Å². The highest BCUT2D eigenvalue weighted by atomic mass is 16.2. The fraction of sp³-hybridized carbons (Fsp3) is 0.471. The number of guanidine groups is 1. The number of carbonyl (C=O) groups is 5. The quantitative estimate of drug-likeness (QED) is 0.0769. The lowest BCUT2D eigenvalue weighted by molar-refractivity contribution is -0.148. The van der Waals surface area contributed by atoms with Crippen molar-refractivity contribution >= 4 is 35.9 Å². The number of carbonyl (C=O) groups excluding carboxylic acids is 5. The molecule has 0 aromatic heterocycles. The number of hydrogen-bond donors (Lipinski definition) is 5. The zero-order valence-electron chi connectivity index (χ0n) is 26.6. The van der Waals surface area contributed by atoms with Crippen LogP contribution >= 0.6 is 0 Å². The third-order valence-corrected chi connectivity index (χ3v) is 8.65. The van der Waals surface area contributed by atoms with E-state index in [1.165, 1.54) is 9.80 Å². The number of nitrogens with zero attached hydrogens (tertiary/aromatic N) is 3. The van der Waals surface area contributed by atoms with Crippen molar-refractivity contribution < 1.29 is 24.0 Å². The van der Waals surface area contributed by atoms with Crippen molar-refractivity contribution in [1.29, 1.82) is 0 Å². The fourth-order valence-electron chi connectivity index (χ4n) is 6.24. The summed E-state index contributed by atoms with van der Waals surface area (Å²) in [5.41, 5.74) is 18.7. The summed E-state index contributed by atoms with van der Waals surface area (Å²) in [6, 6.07) is 14.7. The summed E-state index contributed by atoms with van der Waals surface area (Å²) in [6.07, 6.45) is 4.16. The highest BCUT2D eigenvalue weighted by molar-refractivity contribution is 5.96. The van der Waals surface area contributed by atoms with Crippen molar-refractivity contribution in [1.82, 2.24) is 20.4 Å². The lowest BCUT2D eigenvalue weighted by atomic mass is 10.0. The largest absolute Gasteiger partial charge is 0.370 e. The number of rotatable bonds is 15. The van der Waals surface area contributed by atoms with Gasteiger partial charge in [0, 0.05) is 26.1 Å². The van der Waals surface area contributed by atoms with Crippen LogP contribution in [0.4, 0.5) is 0 Å². The van der Waals surface area contributed by atoms with Crippen LogP contribution in [0, 0.1) is 0 Å². The van der Waals surface area contributed by atoms with E-state index in [2.05, 4.69) is 15.6 Å². The van der Waals surface area contributed by atoms with Gasteiger partial charge in [0.05, 0.1) is 12.1 Å². The maximum absolute atomic E-state index is 14.1. The van der Waals surface area contributed by atoms with Gasteiger partial charge in [0.2, 0.25) is 23.6 Å². The van der Waals surface area contributed by atoms with Crippen molar-refractivity contribution in [2.75, 3.05) is 19.6 Å². The van der Waals surface area contributed by atoms with Crippen molar-refractivity contribution in [3.8, 4) is 0 Å². The minimum Gasteiger partial charge on any atom is -0.370 e. The van der Waals surface area contributed by atoms with E-state index in [0.717, 1.165) is 11.1 Å². The Morgan fingerprint density at radius 2 is 1.45 bits per heavy atom. The van der Waals surface area contributed by atoms with Crippen LogP contribution in [0.5, 0.6) is 0 Å². The van der Waals surface area contributed by atoms with Crippen molar-refractivity contribution in [2.24, 2.45) is 22.2 Å². The van der Waals surface area contributed by atoms with Crippen LogP contribution in [-0.4, -0.2) is 95.5 Å². The summed E-state index contributed by atoms with van der Waals surface area (Å²) in [4.78, 5) is 73.2. The van der Waals surface area contributed by atoms with Gasteiger partial charge in [0.25, 0.3) is 0 Å². The average molecular weight is 647 g/mol. The minimum absolute atomic E-state index is 0.0448. The molecular formula is C34H46N8O5. The topological polar surface area (TPSA) is 206 Å². The molecule has 5 atom stereocenters. The second kappa shape index (κ2) is 17.2. The van der Waals surface area contributed by atoms with E-state index in [-0.39, 0.29) is 24.2 Å². The van der Waals surface area contributed by atoms with Gasteiger partial charge in [-0.3, -0.25) is 24.2 Å². The van der Waals surface area contributed by atoms with Crippen LogP contribution in [0.2, 0.25) is 0 Å². The van der Waals surface area contributed by atoms with Crippen LogP contribution in [0.25, 0.3) is 0 Å². The Hall–Kier alpha value is -4.78. The SMILES string of the molecule is NC(N)=NCCC[C@@H](C=O)NC(=O)[C@@H]1CCCN1C(=O)[C@@H]1CCCN1C(=O)[C@H](Cc1ccccc1)NC(=O)[C@@H](N)Cc1ccccc1. The Kier molecular flexibility index (Phi) is 12.9. The number of nitrogens with two attached hydrogens (primary N) is 3. The van der Waals surface area contributed by atoms with Gasteiger partial charge in [-0.15, -0.1) is 0 Å². The third-order valence-electron chi connectivity index (χ3n) is 8.65. The molecule has 2 fully saturated rings. The summed E-state index contributed by atoms with van der Waals surface area (Å²) in [7, 11) is 0. The summed E-state index contributed by atoms with van der Waals surface area (Å²) >= 11 is 0. The first kappa shape index (κ1) is 35.1. The maximum Gasteiger partial charge on any atom is 0.246 e. The molecule has 2 aliphatic rings. The molecule has 47 heavy (non-hydrogen) atoms. The Labute approximate surface area is 275 Å². The Balaban J connectivity index is 1.44. The van der Waals surface area contributed by atoms with Crippen molar-refractivity contribution in [3.63, 3.8) is 0 Å². The summed E-state index contributed by atoms with van der Waals surface area (Å²) < 4.78 is 0. The van der Waals surface area contributed by atoms with Crippen LogP contribution < -0.4 is 27.8 Å². The normalized spacial score (nSPS) is 19.3. The molecule has 2 aromatic carbocycles. The van der Waals surface area contributed by atoms with Crippen LogP contribution in [0.3, 0.4) is 0 Å². The van der Waals surface area contributed by atoms with Gasteiger partial charge < -0.3 is 42.4 Å². The standard InChI is InChI=1S/C34H46N8O5/c35-26(20-23-10-3-1-4-11-23)30(44)40-27(21-24-12-5-2-6-13-24)32(46)42-19-9-16-29(42)33(47)41-18-8-15-28(41)31(45)39-25(22-43)14-7-17-38-34(36)37/h1-6,10-13,22,25-29H,7-9,14-21,35H2,(H,39,45)(H,40,44)(H4,36,37,38)/t25-,26-,27-,28-,29-/m0/s1. The number of aldehydes is 1. The molecular weight excluding hydrogens is 600 g/mol. The second-order valence-corrected chi connectivity index (χ2v) is 12.1. The van der Waals surface area contributed by atoms with E-state index in [1.807, 2.05) is 60.7 Å². The molecule has 252 valence electrons. The highest BCUT2D eigenvalue weighted by Crippen LogP contribution is 2.26. The molecule has 0 unspecified atom stereocenters. The number of nitrogens with one attached hydrogen (secondary N) is 2. The lowest BCUT2D eigenvalue weighted by Crippen LogP contribution is -2.58. The molecule has 2 saturated heterocycles. The molecule has 4 amide bonds. The molecule has 0 bridgehead atoms. The number of aliphatic imine (C=N–C) groups is 1.